The summed E-state index contributed by atoms with van der Waals surface area (Å²) < 4.78 is 15.9. The molecule has 3 aromatic rings. The van der Waals surface area contributed by atoms with E-state index in [-0.39, 0.29) is 18.5 Å². The van der Waals surface area contributed by atoms with E-state index in [0.29, 0.717) is 28.6 Å². The number of rotatable bonds is 7. The predicted molar refractivity (Wildman–Crippen MR) is 95.5 cm³/mol. The molecule has 0 atom stereocenters. The molecule has 0 saturated heterocycles. The number of anilines is 1. The van der Waals surface area contributed by atoms with Gasteiger partial charge in [0.1, 0.15) is 17.2 Å². The van der Waals surface area contributed by atoms with Gasteiger partial charge in [-0.1, -0.05) is 18.2 Å². The maximum Gasteiger partial charge on any atom is 0.264 e. The minimum absolute atomic E-state index is 0.139. The van der Waals surface area contributed by atoms with Gasteiger partial charge in [0.2, 0.25) is 5.95 Å². The molecule has 0 bridgehead atoms. The van der Waals surface area contributed by atoms with Gasteiger partial charge in [-0.15, -0.1) is 5.10 Å². The molecule has 134 valence electrons. The summed E-state index contributed by atoms with van der Waals surface area (Å²) in [5.74, 6) is 2.10. The number of aromatic nitrogens is 3. The van der Waals surface area contributed by atoms with Gasteiger partial charge in [0.05, 0.1) is 19.8 Å². The molecule has 0 aliphatic heterocycles. The molecule has 0 aliphatic carbocycles. The van der Waals surface area contributed by atoms with E-state index in [2.05, 4.69) is 20.5 Å². The van der Waals surface area contributed by atoms with E-state index in [1.807, 2.05) is 18.2 Å². The first kappa shape index (κ1) is 17.3. The monoisotopic (exact) mass is 354 g/mol. The van der Waals surface area contributed by atoms with E-state index < -0.39 is 0 Å². The van der Waals surface area contributed by atoms with Crippen LogP contribution in [-0.4, -0.2) is 41.9 Å². The third kappa shape index (κ3) is 4.10. The Morgan fingerprint density at radius 2 is 1.88 bits per heavy atom. The summed E-state index contributed by atoms with van der Waals surface area (Å²) >= 11 is 0. The van der Waals surface area contributed by atoms with Gasteiger partial charge in [-0.25, -0.2) is 0 Å². The summed E-state index contributed by atoms with van der Waals surface area (Å²) in [6.07, 6.45) is 0. The Morgan fingerprint density at radius 3 is 2.62 bits per heavy atom. The van der Waals surface area contributed by atoms with E-state index in [1.54, 1.807) is 44.6 Å². The number of hydrogen-bond acceptors (Lipinski definition) is 6. The largest absolute Gasteiger partial charge is 0.497 e. The molecule has 0 radical (unpaired) electrons. The lowest BCUT2D eigenvalue weighted by Gasteiger charge is -2.07. The number of nitrogens with one attached hydrogen (secondary N) is 2. The summed E-state index contributed by atoms with van der Waals surface area (Å²) in [6.45, 7) is -0.139. The number of H-pyrrole nitrogens is 1. The molecule has 2 N–H and O–H groups in total. The Hall–Kier alpha value is -3.55. The molecular weight excluding hydrogens is 336 g/mol. The first-order valence-electron chi connectivity index (χ1n) is 7.82. The zero-order chi connectivity index (χ0) is 18.4. The molecule has 2 aromatic carbocycles. The van der Waals surface area contributed by atoms with Crippen LogP contribution in [0.15, 0.2) is 48.5 Å². The van der Waals surface area contributed by atoms with Gasteiger partial charge in [0.25, 0.3) is 5.91 Å². The molecule has 3 rings (SSSR count). The molecule has 0 unspecified atom stereocenters. The van der Waals surface area contributed by atoms with Gasteiger partial charge in [0.15, 0.2) is 12.4 Å². The molecule has 0 aliphatic rings. The smallest absolute Gasteiger partial charge is 0.264 e. The summed E-state index contributed by atoms with van der Waals surface area (Å²) in [7, 11) is 3.13. The van der Waals surface area contributed by atoms with Crippen LogP contribution in [0.5, 0.6) is 17.2 Å². The Balaban J connectivity index is 1.65. The van der Waals surface area contributed by atoms with Crippen LogP contribution in [-0.2, 0) is 4.79 Å². The van der Waals surface area contributed by atoms with Crippen molar-refractivity contribution in [1.82, 2.24) is 15.2 Å². The number of aromatic amines is 1. The van der Waals surface area contributed by atoms with Gasteiger partial charge in [-0.3, -0.25) is 15.2 Å². The Kier molecular flexibility index (Phi) is 5.33. The number of methoxy groups -OCH3 is 2. The lowest BCUT2D eigenvalue weighted by molar-refractivity contribution is -0.118. The highest BCUT2D eigenvalue weighted by molar-refractivity contribution is 5.90. The van der Waals surface area contributed by atoms with E-state index in [4.69, 9.17) is 14.2 Å². The average molecular weight is 354 g/mol. The quantitative estimate of drug-likeness (QED) is 0.676. The maximum absolute atomic E-state index is 12.0. The van der Waals surface area contributed by atoms with Gasteiger partial charge in [0, 0.05) is 6.07 Å². The lowest BCUT2D eigenvalue weighted by atomic mass is 10.2. The van der Waals surface area contributed by atoms with E-state index in [0.717, 1.165) is 0 Å². The fourth-order valence-corrected chi connectivity index (χ4v) is 2.26. The van der Waals surface area contributed by atoms with Crippen LogP contribution in [0.25, 0.3) is 11.4 Å². The normalized spacial score (nSPS) is 10.2. The standard InChI is InChI=1S/C18H18N4O4/c1-24-13-8-9-14(15(10-13)25-2)17-20-18(22-21-17)19-16(23)11-26-12-6-4-3-5-7-12/h3-10H,11H2,1-2H3,(H2,19,20,21,22,23). The zero-order valence-corrected chi connectivity index (χ0v) is 14.4. The average Bonchev–Trinajstić information content (AvgIpc) is 3.14. The third-order valence-electron chi connectivity index (χ3n) is 3.51. The van der Waals surface area contributed by atoms with E-state index in [1.165, 1.54) is 0 Å². The highest BCUT2D eigenvalue weighted by Gasteiger charge is 2.13. The van der Waals surface area contributed by atoms with Gasteiger partial charge in [-0.05, 0) is 24.3 Å². The number of ether oxygens (including phenoxy) is 3. The molecule has 0 saturated carbocycles. The second kappa shape index (κ2) is 8.02. The van der Waals surface area contributed by atoms with Crippen molar-refractivity contribution in [3.8, 4) is 28.6 Å². The first-order chi connectivity index (χ1) is 12.7. The number of amides is 1. The van der Waals surface area contributed by atoms with Crippen molar-refractivity contribution in [3.63, 3.8) is 0 Å². The molecule has 8 nitrogen and oxygen atoms in total. The predicted octanol–water partition coefficient (Wildman–Crippen LogP) is 2.51. The number of carbonyl (C=O) groups excluding carboxylic acids is 1. The number of benzene rings is 2. The van der Waals surface area contributed by atoms with Gasteiger partial charge >= 0.3 is 0 Å². The summed E-state index contributed by atoms with van der Waals surface area (Å²) in [5, 5.41) is 9.35. The highest BCUT2D eigenvalue weighted by atomic mass is 16.5. The van der Waals surface area contributed by atoms with Crippen LogP contribution in [0.3, 0.4) is 0 Å². The van der Waals surface area contributed by atoms with Crippen molar-refractivity contribution in [2.45, 2.75) is 0 Å². The molecule has 26 heavy (non-hydrogen) atoms. The molecule has 1 aromatic heterocycles. The number of nitrogens with zero attached hydrogens (tertiary/aromatic N) is 2. The first-order valence-corrected chi connectivity index (χ1v) is 7.82. The Bertz CT molecular complexity index is 880. The van der Waals surface area contributed by atoms with E-state index >= 15 is 0 Å². The maximum atomic E-state index is 12.0. The molecule has 1 amide bonds. The number of para-hydroxylation sites is 1. The van der Waals surface area contributed by atoms with Gasteiger partial charge in [-0.2, -0.15) is 4.98 Å². The summed E-state index contributed by atoms with van der Waals surface area (Å²) in [6, 6.07) is 14.4. The van der Waals surface area contributed by atoms with E-state index in [9.17, 15) is 4.79 Å². The van der Waals surface area contributed by atoms with Crippen molar-refractivity contribution in [2.24, 2.45) is 0 Å². The van der Waals surface area contributed by atoms with Crippen LogP contribution in [0.2, 0.25) is 0 Å². The minimum atomic E-state index is -0.360. The number of carbonyl (C=O) groups is 1. The summed E-state index contributed by atoms with van der Waals surface area (Å²) in [5.41, 5.74) is 0.696. The van der Waals surface area contributed by atoms with Crippen molar-refractivity contribution < 1.29 is 19.0 Å². The second-order valence-corrected chi connectivity index (χ2v) is 5.22. The Morgan fingerprint density at radius 1 is 1.08 bits per heavy atom. The van der Waals surface area contributed by atoms with Crippen LogP contribution < -0.4 is 19.5 Å². The summed E-state index contributed by atoms with van der Waals surface area (Å²) in [4.78, 5) is 16.2. The topological polar surface area (TPSA) is 98.4 Å². The molecular formula is C18H18N4O4. The second-order valence-electron chi connectivity index (χ2n) is 5.22. The van der Waals surface area contributed by atoms with Crippen LogP contribution >= 0.6 is 0 Å². The third-order valence-corrected chi connectivity index (χ3v) is 3.51. The zero-order valence-electron chi connectivity index (χ0n) is 14.4. The minimum Gasteiger partial charge on any atom is -0.497 e. The van der Waals surface area contributed by atoms with Crippen molar-refractivity contribution in [1.29, 1.82) is 0 Å². The Labute approximate surface area is 150 Å². The van der Waals surface area contributed by atoms with Crippen LogP contribution in [0.4, 0.5) is 5.95 Å². The van der Waals surface area contributed by atoms with Crippen LogP contribution in [0, 0.1) is 0 Å². The van der Waals surface area contributed by atoms with Crippen LogP contribution in [0.1, 0.15) is 0 Å². The molecule has 8 heteroatoms. The molecule has 1 heterocycles. The molecule has 0 fully saturated rings. The van der Waals surface area contributed by atoms with Crippen molar-refractivity contribution in [2.75, 3.05) is 26.1 Å². The number of hydrogen-bond donors (Lipinski definition) is 2. The lowest BCUT2D eigenvalue weighted by Crippen LogP contribution is -2.20. The van der Waals surface area contributed by atoms with Gasteiger partial charge < -0.3 is 14.2 Å². The highest BCUT2D eigenvalue weighted by Crippen LogP contribution is 2.31. The SMILES string of the molecule is COc1ccc(-c2nc(NC(=O)COc3ccccc3)n[nH]2)c(OC)c1. The molecule has 0 spiro atoms. The fraction of sp³-hybridized carbons (Fsp3) is 0.167. The van der Waals surface area contributed by atoms with Crippen molar-refractivity contribution in [3.05, 3.63) is 48.5 Å². The van der Waals surface area contributed by atoms with Crippen molar-refractivity contribution >= 4 is 11.9 Å². The fourth-order valence-electron chi connectivity index (χ4n) is 2.26.